The monoisotopic (exact) mass is 240 g/mol. The fraction of sp³-hybridized carbons (Fsp3) is 0.750. The Labute approximate surface area is 101 Å². The molecule has 3 nitrogen and oxygen atoms in total. The van der Waals surface area contributed by atoms with Crippen molar-refractivity contribution in [1.82, 2.24) is 4.98 Å². The van der Waals surface area contributed by atoms with Gasteiger partial charge in [-0.15, -0.1) is 0 Å². The third-order valence-corrected chi connectivity index (χ3v) is 4.09. The summed E-state index contributed by atoms with van der Waals surface area (Å²) in [5, 5.41) is 10.4. The summed E-state index contributed by atoms with van der Waals surface area (Å²) < 4.78 is 0. The molecule has 1 aromatic rings. The van der Waals surface area contributed by atoms with Crippen molar-refractivity contribution < 1.29 is 5.11 Å². The third kappa shape index (κ3) is 2.38. The minimum atomic E-state index is 0.146. The maximum atomic E-state index is 9.34. The van der Waals surface area contributed by atoms with Gasteiger partial charge in [-0.1, -0.05) is 18.3 Å². The Morgan fingerprint density at radius 2 is 2.19 bits per heavy atom. The van der Waals surface area contributed by atoms with E-state index in [1.807, 2.05) is 0 Å². The van der Waals surface area contributed by atoms with Crippen molar-refractivity contribution in [1.29, 1.82) is 0 Å². The lowest BCUT2D eigenvalue weighted by molar-refractivity contribution is 0.284. The lowest BCUT2D eigenvalue weighted by Crippen LogP contribution is -2.23. The molecule has 0 spiro atoms. The van der Waals surface area contributed by atoms with Crippen molar-refractivity contribution in [2.75, 3.05) is 18.0 Å². The van der Waals surface area contributed by atoms with Crippen molar-refractivity contribution in [2.45, 2.75) is 45.6 Å². The number of nitrogens with zero attached hydrogens (tertiary/aromatic N) is 2. The van der Waals surface area contributed by atoms with E-state index in [9.17, 15) is 5.11 Å². The van der Waals surface area contributed by atoms with E-state index in [0.717, 1.165) is 35.2 Å². The molecule has 1 aliphatic carbocycles. The highest BCUT2D eigenvalue weighted by atomic mass is 32.1. The summed E-state index contributed by atoms with van der Waals surface area (Å²) in [7, 11) is 0. The van der Waals surface area contributed by atoms with Crippen molar-refractivity contribution in [3.63, 3.8) is 0 Å². The first-order valence-corrected chi connectivity index (χ1v) is 6.97. The van der Waals surface area contributed by atoms with Gasteiger partial charge in [0.15, 0.2) is 5.13 Å². The smallest absolute Gasteiger partial charge is 0.185 e. The number of anilines is 1. The zero-order chi connectivity index (χ0) is 11.5. The fourth-order valence-electron chi connectivity index (χ4n) is 1.93. The standard InChI is InChI=1S/C12H20N2OS/c1-3-7-14(4-2)12-13-11(9-5-6-9)10(8-15)16-12/h9,15H,3-8H2,1-2H3. The van der Waals surface area contributed by atoms with Crippen molar-refractivity contribution in [2.24, 2.45) is 0 Å². The second kappa shape index (κ2) is 5.15. The molecule has 0 aliphatic heterocycles. The van der Waals surface area contributed by atoms with Gasteiger partial charge in [-0.05, 0) is 26.2 Å². The number of thiazole rings is 1. The molecule has 0 atom stereocenters. The molecule has 0 amide bonds. The van der Waals surface area contributed by atoms with Gasteiger partial charge in [0.05, 0.1) is 17.2 Å². The van der Waals surface area contributed by atoms with Gasteiger partial charge in [-0.3, -0.25) is 0 Å². The van der Waals surface area contributed by atoms with E-state index in [1.54, 1.807) is 11.3 Å². The first-order valence-electron chi connectivity index (χ1n) is 6.15. The normalized spacial score (nSPS) is 15.4. The van der Waals surface area contributed by atoms with Crippen LogP contribution in [0.4, 0.5) is 5.13 Å². The summed E-state index contributed by atoms with van der Waals surface area (Å²) in [5.74, 6) is 0.632. The Balaban J connectivity index is 2.19. The number of aliphatic hydroxyl groups is 1. The molecule has 1 aromatic heterocycles. The molecule has 1 heterocycles. The van der Waals surface area contributed by atoms with Gasteiger partial charge < -0.3 is 10.0 Å². The fourth-order valence-corrected chi connectivity index (χ4v) is 3.03. The maximum Gasteiger partial charge on any atom is 0.185 e. The average molecular weight is 240 g/mol. The quantitative estimate of drug-likeness (QED) is 0.830. The summed E-state index contributed by atoms with van der Waals surface area (Å²) in [6.45, 7) is 6.54. The van der Waals surface area contributed by atoms with Crippen molar-refractivity contribution in [3.05, 3.63) is 10.6 Å². The van der Waals surface area contributed by atoms with E-state index in [2.05, 4.69) is 18.7 Å². The number of hydrogen-bond acceptors (Lipinski definition) is 4. The first-order chi connectivity index (χ1) is 7.80. The molecule has 1 saturated carbocycles. The molecule has 1 fully saturated rings. The molecular formula is C12H20N2OS. The van der Waals surface area contributed by atoms with Gasteiger partial charge in [0.1, 0.15) is 0 Å². The summed E-state index contributed by atoms with van der Waals surface area (Å²) >= 11 is 1.67. The highest BCUT2D eigenvalue weighted by molar-refractivity contribution is 7.15. The minimum absolute atomic E-state index is 0.146. The predicted molar refractivity (Wildman–Crippen MR) is 68.2 cm³/mol. The molecule has 0 saturated heterocycles. The van der Waals surface area contributed by atoms with E-state index in [1.165, 1.54) is 12.8 Å². The van der Waals surface area contributed by atoms with Crippen LogP contribution >= 0.6 is 11.3 Å². The minimum Gasteiger partial charge on any atom is -0.391 e. The van der Waals surface area contributed by atoms with Gasteiger partial charge in [-0.25, -0.2) is 4.98 Å². The Kier molecular flexibility index (Phi) is 3.82. The van der Waals surface area contributed by atoms with Gasteiger partial charge in [0.2, 0.25) is 0 Å². The van der Waals surface area contributed by atoms with Gasteiger partial charge in [0, 0.05) is 19.0 Å². The Morgan fingerprint density at radius 1 is 1.44 bits per heavy atom. The van der Waals surface area contributed by atoms with Gasteiger partial charge >= 0.3 is 0 Å². The summed E-state index contributed by atoms with van der Waals surface area (Å²) in [5.41, 5.74) is 1.16. The Bertz CT molecular complexity index is 347. The molecule has 0 unspecified atom stereocenters. The van der Waals surface area contributed by atoms with E-state index in [4.69, 9.17) is 4.98 Å². The predicted octanol–water partition coefficient (Wildman–Crippen LogP) is 2.75. The average Bonchev–Trinajstić information content (AvgIpc) is 3.06. The van der Waals surface area contributed by atoms with Crippen LogP contribution in [0.5, 0.6) is 0 Å². The van der Waals surface area contributed by atoms with Gasteiger partial charge in [-0.2, -0.15) is 0 Å². The molecule has 0 radical (unpaired) electrons. The molecule has 4 heteroatoms. The van der Waals surface area contributed by atoms with E-state index in [-0.39, 0.29) is 6.61 Å². The number of rotatable bonds is 6. The SMILES string of the molecule is CCCN(CC)c1nc(C2CC2)c(CO)s1. The first kappa shape index (κ1) is 11.9. The molecule has 1 N–H and O–H groups in total. The number of aliphatic hydroxyl groups excluding tert-OH is 1. The molecule has 0 bridgehead atoms. The van der Waals surface area contributed by atoms with Crippen LogP contribution in [0.25, 0.3) is 0 Å². The molecule has 2 rings (SSSR count). The van der Waals surface area contributed by atoms with Crippen LogP contribution in [0.3, 0.4) is 0 Å². The topological polar surface area (TPSA) is 36.4 Å². The second-order valence-electron chi connectivity index (χ2n) is 4.32. The zero-order valence-electron chi connectivity index (χ0n) is 10.1. The maximum absolute atomic E-state index is 9.34. The highest BCUT2D eigenvalue weighted by Crippen LogP contribution is 2.44. The van der Waals surface area contributed by atoms with Crippen LogP contribution in [-0.4, -0.2) is 23.2 Å². The highest BCUT2D eigenvalue weighted by Gasteiger charge is 2.30. The number of hydrogen-bond donors (Lipinski definition) is 1. The Morgan fingerprint density at radius 3 is 2.69 bits per heavy atom. The Hall–Kier alpha value is -0.610. The van der Waals surface area contributed by atoms with Crippen LogP contribution in [0.1, 0.15) is 49.6 Å². The molecule has 16 heavy (non-hydrogen) atoms. The van der Waals surface area contributed by atoms with Crippen LogP contribution < -0.4 is 4.90 Å². The molecular weight excluding hydrogens is 220 g/mol. The van der Waals surface area contributed by atoms with Crippen molar-refractivity contribution in [3.8, 4) is 0 Å². The zero-order valence-corrected chi connectivity index (χ0v) is 10.9. The summed E-state index contributed by atoms with van der Waals surface area (Å²) in [4.78, 5) is 8.09. The lowest BCUT2D eigenvalue weighted by atomic mass is 10.2. The molecule has 0 aromatic carbocycles. The largest absolute Gasteiger partial charge is 0.391 e. The van der Waals surface area contributed by atoms with Crippen LogP contribution in [0.2, 0.25) is 0 Å². The van der Waals surface area contributed by atoms with E-state index < -0.39 is 0 Å². The third-order valence-electron chi connectivity index (χ3n) is 2.97. The number of aromatic nitrogens is 1. The summed E-state index contributed by atoms with van der Waals surface area (Å²) in [6, 6.07) is 0. The lowest BCUT2D eigenvalue weighted by Gasteiger charge is -2.18. The van der Waals surface area contributed by atoms with Gasteiger partial charge in [0.25, 0.3) is 0 Å². The van der Waals surface area contributed by atoms with Crippen LogP contribution in [0.15, 0.2) is 0 Å². The second-order valence-corrected chi connectivity index (χ2v) is 5.38. The van der Waals surface area contributed by atoms with E-state index >= 15 is 0 Å². The van der Waals surface area contributed by atoms with Crippen LogP contribution in [0, 0.1) is 0 Å². The van der Waals surface area contributed by atoms with Crippen LogP contribution in [-0.2, 0) is 6.61 Å². The summed E-state index contributed by atoms with van der Waals surface area (Å²) in [6.07, 6.45) is 3.63. The van der Waals surface area contributed by atoms with E-state index in [0.29, 0.717) is 5.92 Å². The molecule has 1 aliphatic rings. The molecule has 90 valence electrons. The van der Waals surface area contributed by atoms with Crippen molar-refractivity contribution >= 4 is 16.5 Å².